The molecule has 2 rings (SSSR count). The van der Waals surface area contributed by atoms with Crippen molar-refractivity contribution in [2.75, 3.05) is 20.6 Å². The van der Waals surface area contributed by atoms with Crippen molar-refractivity contribution < 1.29 is 13.5 Å². The molecule has 0 spiro atoms. The molecular weight excluding hydrogens is 453 g/mol. The van der Waals surface area contributed by atoms with Crippen LogP contribution >= 0.6 is 24.0 Å². The van der Waals surface area contributed by atoms with Crippen molar-refractivity contribution in [1.82, 2.24) is 15.5 Å². The van der Waals surface area contributed by atoms with Gasteiger partial charge < -0.3 is 15.4 Å². The molecular formula is C18H29F2IN4O. The zero-order valence-electron chi connectivity index (χ0n) is 15.8. The van der Waals surface area contributed by atoms with Crippen molar-refractivity contribution in [1.29, 1.82) is 0 Å². The summed E-state index contributed by atoms with van der Waals surface area (Å²) >= 11 is 0. The Hall–Kier alpha value is -1.16. The molecule has 8 heteroatoms. The van der Waals surface area contributed by atoms with Gasteiger partial charge in [0.25, 0.3) is 0 Å². The second-order valence-electron chi connectivity index (χ2n) is 6.54. The van der Waals surface area contributed by atoms with Crippen LogP contribution in [-0.4, -0.2) is 50.2 Å². The van der Waals surface area contributed by atoms with Gasteiger partial charge in [-0.1, -0.05) is 17.7 Å². The summed E-state index contributed by atoms with van der Waals surface area (Å²) in [5.74, 6) is 0.825. The van der Waals surface area contributed by atoms with Crippen molar-refractivity contribution in [3.8, 4) is 5.75 Å². The van der Waals surface area contributed by atoms with Crippen LogP contribution in [0.3, 0.4) is 0 Å². The molecule has 0 saturated heterocycles. The SMILES string of the molecule is CN=C(NCc1cc(C)ccc1OC(F)F)NCC(C)N(C)C1CC1.I. The van der Waals surface area contributed by atoms with Crippen LogP contribution in [0.4, 0.5) is 8.78 Å². The number of ether oxygens (including phenoxy) is 1. The maximum atomic E-state index is 12.5. The molecule has 1 aromatic carbocycles. The summed E-state index contributed by atoms with van der Waals surface area (Å²) in [6, 6.07) is 6.25. The highest BCUT2D eigenvalue weighted by Gasteiger charge is 2.28. The Morgan fingerprint density at radius 1 is 1.35 bits per heavy atom. The minimum absolute atomic E-state index is 0. The summed E-state index contributed by atoms with van der Waals surface area (Å²) in [6.07, 6.45) is 2.54. The Kier molecular flexibility index (Phi) is 9.56. The highest BCUT2D eigenvalue weighted by molar-refractivity contribution is 14.0. The zero-order chi connectivity index (χ0) is 18.4. The van der Waals surface area contributed by atoms with Gasteiger partial charge in [-0.05, 0) is 39.8 Å². The molecule has 0 radical (unpaired) electrons. The first-order valence-corrected chi connectivity index (χ1v) is 8.61. The van der Waals surface area contributed by atoms with Crippen LogP contribution in [0.15, 0.2) is 23.2 Å². The highest BCUT2D eigenvalue weighted by atomic mass is 127. The van der Waals surface area contributed by atoms with E-state index in [4.69, 9.17) is 0 Å². The third-order valence-electron chi connectivity index (χ3n) is 4.48. The second kappa shape index (κ2) is 10.9. The molecule has 148 valence electrons. The molecule has 2 N–H and O–H groups in total. The lowest BCUT2D eigenvalue weighted by molar-refractivity contribution is -0.0504. The Labute approximate surface area is 171 Å². The third-order valence-corrected chi connectivity index (χ3v) is 4.48. The Balaban J connectivity index is 0.00000338. The molecule has 1 fully saturated rings. The van der Waals surface area contributed by atoms with E-state index in [1.54, 1.807) is 19.2 Å². The molecule has 1 saturated carbocycles. The first-order valence-electron chi connectivity index (χ1n) is 8.61. The van der Waals surface area contributed by atoms with Gasteiger partial charge in [0.2, 0.25) is 0 Å². The van der Waals surface area contributed by atoms with Gasteiger partial charge in [-0.25, -0.2) is 0 Å². The summed E-state index contributed by atoms with van der Waals surface area (Å²) in [7, 11) is 3.83. The quantitative estimate of drug-likeness (QED) is 0.339. The van der Waals surface area contributed by atoms with E-state index in [2.05, 4.69) is 39.2 Å². The fourth-order valence-electron chi connectivity index (χ4n) is 2.69. The number of aliphatic imine (C=N–C) groups is 1. The summed E-state index contributed by atoms with van der Waals surface area (Å²) in [4.78, 5) is 6.57. The number of aryl methyl sites for hydroxylation is 1. The topological polar surface area (TPSA) is 48.9 Å². The van der Waals surface area contributed by atoms with Crippen LogP contribution < -0.4 is 15.4 Å². The molecule has 1 aliphatic rings. The maximum Gasteiger partial charge on any atom is 0.387 e. The average Bonchev–Trinajstić information content (AvgIpc) is 3.40. The maximum absolute atomic E-state index is 12.5. The molecule has 1 aromatic rings. The Morgan fingerprint density at radius 2 is 2.04 bits per heavy atom. The second-order valence-corrected chi connectivity index (χ2v) is 6.54. The molecule has 1 unspecified atom stereocenters. The number of rotatable bonds is 8. The van der Waals surface area contributed by atoms with Crippen LogP contribution in [0.2, 0.25) is 0 Å². The molecule has 1 atom stereocenters. The van der Waals surface area contributed by atoms with Gasteiger partial charge in [0, 0.05) is 37.8 Å². The van der Waals surface area contributed by atoms with E-state index in [-0.39, 0.29) is 29.7 Å². The van der Waals surface area contributed by atoms with Gasteiger partial charge in [-0.15, -0.1) is 24.0 Å². The van der Waals surface area contributed by atoms with E-state index in [1.807, 2.05) is 13.0 Å². The van der Waals surface area contributed by atoms with Gasteiger partial charge >= 0.3 is 6.61 Å². The number of benzene rings is 1. The van der Waals surface area contributed by atoms with E-state index in [0.29, 0.717) is 30.2 Å². The van der Waals surface area contributed by atoms with Gasteiger partial charge in [-0.3, -0.25) is 9.89 Å². The lowest BCUT2D eigenvalue weighted by Crippen LogP contribution is -2.45. The molecule has 0 bridgehead atoms. The summed E-state index contributed by atoms with van der Waals surface area (Å²) < 4.78 is 29.7. The predicted octanol–water partition coefficient (Wildman–Crippen LogP) is 3.36. The standard InChI is InChI=1S/C18H28F2N4O.HI/c1-12-5-8-16(25-17(19)20)14(9-12)11-23-18(21-3)22-10-13(2)24(4)15-6-7-15;/h5,8-9,13,15,17H,6-7,10-11H2,1-4H3,(H2,21,22,23);1H. The molecule has 0 heterocycles. The van der Waals surface area contributed by atoms with E-state index in [0.717, 1.165) is 12.1 Å². The zero-order valence-corrected chi connectivity index (χ0v) is 18.1. The number of likely N-dealkylation sites (N-methyl/N-ethyl adjacent to an activating group) is 1. The summed E-state index contributed by atoms with van der Waals surface area (Å²) in [5.41, 5.74) is 1.66. The van der Waals surface area contributed by atoms with Gasteiger partial charge in [-0.2, -0.15) is 8.78 Å². The number of hydrogen-bond acceptors (Lipinski definition) is 3. The van der Waals surface area contributed by atoms with Crippen molar-refractivity contribution in [3.63, 3.8) is 0 Å². The number of alkyl halides is 2. The van der Waals surface area contributed by atoms with Crippen LogP contribution in [0.1, 0.15) is 30.9 Å². The first-order chi connectivity index (χ1) is 11.9. The van der Waals surface area contributed by atoms with Crippen molar-refractivity contribution in [3.05, 3.63) is 29.3 Å². The smallest absolute Gasteiger partial charge is 0.387 e. The van der Waals surface area contributed by atoms with E-state index < -0.39 is 6.61 Å². The fourth-order valence-corrected chi connectivity index (χ4v) is 2.69. The number of hydrogen-bond donors (Lipinski definition) is 2. The van der Waals surface area contributed by atoms with Crippen molar-refractivity contribution in [2.45, 2.75) is 51.9 Å². The average molecular weight is 482 g/mol. The van der Waals surface area contributed by atoms with Gasteiger partial charge in [0.1, 0.15) is 5.75 Å². The molecule has 5 nitrogen and oxygen atoms in total. The molecule has 0 amide bonds. The molecule has 0 aliphatic heterocycles. The first kappa shape index (κ1) is 22.9. The minimum Gasteiger partial charge on any atom is -0.434 e. The monoisotopic (exact) mass is 482 g/mol. The van der Waals surface area contributed by atoms with Crippen LogP contribution in [0, 0.1) is 6.92 Å². The Morgan fingerprint density at radius 3 is 2.62 bits per heavy atom. The predicted molar refractivity (Wildman–Crippen MR) is 112 cm³/mol. The lowest BCUT2D eigenvalue weighted by Gasteiger charge is -2.25. The number of guanidine groups is 1. The highest BCUT2D eigenvalue weighted by Crippen LogP contribution is 2.26. The molecule has 0 aromatic heterocycles. The fraction of sp³-hybridized carbons (Fsp3) is 0.611. The summed E-state index contributed by atoms with van der Waals surface area (Å²) in [5, 5.41) is 6.45. The van der Waals surface area contributed by atoms with E-state index in [1.165, 1.54) is 12.8 Å². The van der Waals surface area contributed by atoms with Crippen LogP contribution in [0.5, 0.6) is 5.75 Å². The van der Waals surface area contributed by atoms with Gasteiger partial charge in [0.05, 0.1) is 0 Å². The third kappa shape index (κ3) is 7.22. The van der Waals surface area contributed by atoms with Crippen LogP contribution in [0.25, 0.3) is 0 Å². The van der Waals surface area contributed by atoms with E-state index in [9.17, 15) is 8.78 Å². The number of nitrogens with zero attached hydrogens (tertiary/aromatic N) is 2. The van der Waals surface area contributed by atoms with Gasteiger partial charge in [0.15, 0.2) is 5.96 Å². The van der Waals surface area contributed by atoms with Crippen molar-refractivity contribution >= 4 is 29.9 Å². The van der Waals surface area contributed by atoms with Crippen molar-refractivity contribution in [2.24, 2.45) is 4.99 Å². The lowest BCUT2D eigenvalue weighted by atomic mass is 10.1. The number of halogens is 3. The summed E-state index contributed by atoms with van der Waals surface area (Å²) in [6.45, 7) is 2.38. The number of nitrogens with one attached hydrogen (secondary N) is 2. The van der Waals surface area contributed by atoms with Crippen LogP contribution in [-0.2, 0) is 6.54 Å². The van der Waals surface area contributed by atoms with E-state index >= 15 is 0 Å². The molecule has 1 aliphatic carbocycles. The largest absolute Gasteiger partial charge is 0.434 e. The minimum atomic E-state index is -2.84. The normalized spacial score (nSPS) is 15.6. The Bertz CT molecular complexity index is 597. The molecule has 26 heavy (non-hydrogen) atoms.